The lowest BCUT2D eigenvalue weighted by Gasteiger charge is -2.35. The maximum Gasteiger partial charge on any atom is 0.227 e. The molecule has 1 unspecified atom stereocenters. The minimum atomic E-state index is -0.550. The van der Waals surface area contributed by atoms with Crippen molar-refractivity contribution in [3.8, 4) is 0 Å². The highest BCUT2D eigenvalue weighted by Gasteiger charge is 2.38. The van der Waals surface area contributed by atoms with Crippen LogP contribution in [0.15, 0.2) is 4.52 Å². The average molecular weight is 392 g/mol. The van der Waals surface area contributed by atoms with Crippen molar-refractivity contribution >= 4 is 11.8 Å². The molecule has 0 spiro atoms. The first kappa shape index (κ1) is 20.8. The van der Waals surface area contributed by atoms with Gasteiger partial charge in [0.1, 0.15) is 5.54 Å². The summed E-state index contributed by atoms with van der Waals surface area (Å²) in [6.07, 6.45) is 9.88. The molecule has 2 aliphatic rings. The number of nitrogens with two attached hydrogens (primary N) is 1. The predicted molar refractivity (Wildman–Crippen MR) is 104 cm³/mol. The molecule has 1 saturated carbocycles. The fourth-order valence-electron chi connectivity index (χ4n) is 4.56. The van der Waals surface area contributed by atoms with Crippen LogP contribution in [0.5, 0.6) is 0 Å². The van der Waals surface area contributed by atoms with Gasteiger partial charge in [-0.15, -0.1) is 0 Å². The number of likely N-dealkylation sites (tertiary alicyclic amines) is 1. The van der Waals surface area contributed by atoms with Gasteiger partial charge in [-0.05, 0) is 32.1 Å². The van der Waals surface area contributed by atoms with Crippen LogP contribution in [-0.2, 0) is 21.5 Å². The van der Waals surface area contributed by atoms with Crippen molar-refractivity contribution in [1.29, 1.82) is 0 Å². The second kappa shape index (κ2) is 9.49. The topological polar surface area (TPSA) is 114 Å². The molecular weight excluding hydrogens is 358 g/mol. The Labute approximate surface area is 166 Å². The zero-order valence-electron chi connectivity index (χ0n) is 16.9. The minimum absolute atomic E-state index is 0.0821. The Bertz CT molecular complexity index is 667. The van der Waals surface area contributed by atoms with Gasteiger partial charge in [-0.2, -0.15) is 4.98 Å². The molecule has 0 bridgehead atoms. The molecule has 3 rings (SSSR count). The van der Waals surface area contributed by atoms with Crippen LogP contribution < -0.4 is 11.1 Å². The smallest absolute Gasteiger partial charge is 0.227 e. The first-order valence-corrected chi connectivity index (χ1v) is 10.7. The summed E-state index contributed by atoms with van der Waals surface area (Å²) in [5.74, 6) is 1.02. The van der Waals surface area contributed by atoms with Gasteiger partial charge in [-0.25, -0.2) is 0 Å². The summed E-state index contributed by atoms with van der Waals surface area (Å²) in [7, 11) is 0. The van der Waals surface area contributed by atoms with Crippen LogP contribution in [0.1, 0.15) is 82.8 Å². The number of carbonyl (C=O) groups excluding carboxylic acids is 2. The van der Waals surface area contributed by atoms with E-state index in [1.54, 1.807) is 0 Å². The van der Waals surface area contributed by atoms with E-state index in [1.807, 2.05) is 4.90 Å². The van der Waals surface area contributed by atoms with Crippen LogP contribution in [0.2, 0.25) is 0 Å². The standard InChI is InChI=1S/C20H33N5O3/c1-15(26)23-20(11-5-2-3-6-12-20)19-22-17(28-24-19)9-10-18(27)25-13-7-4-8-16(25)14-21/h16H,2-14,21H2,1H3,(H,23,26). The molecule has 28 heavy (non-hydrogen) atoms. The number of nitrogens with one attached hydrogen (secondary N) is 1. The predicted octanol–water partition coefficient (Wildman–Crippen LogP) is 2.03. The number of aryl methyl sites for hydroxylation is 1. The van der Waals surface area contributed by atoms with Crippen LogP contribution in [-0.4, -0.2) is 46.0 Å². The average Bonchev–Trinajstić information content (AvgIpc) is 3.06. The Morgan fingerprint density at radius 1 is 1.21 bits per heavy atom. The molecule has 0 aromatic carbocycles. The van der Waals surface area contributed by atoms with E-state index in [2.05, 4.69) is 15.5 Å². The molecule has 1 atom stereocenters. The van der Waals surface area contributed by atoms with Gasteiger partial charge in [-0.3, -0.25) is 9.59 Å². The summed E-state index contributed by atoms with van der Waals surface area (Å²) in [6, 6.07) is 0.147. The number of carbonyl (C=O) groups is 2. The van der Waals surface area contributed by atoms with Crippen LogP contribution in [0, 0.1) is 0 Å². The van der Waals surface area contributed by atoms with Gasteiger partial charge in [-0.1, -0.05) is 30.8 Å². The maximum atomic E-state index is 12.6. The summed E-state index contributed by atoms with van der Waals surface area (Å²) in [6.45, 7) is 2.82. The Balaban J connectivity index is 1.65. The van der Waals surface area contributed by atoms with Crippen molar-refractivity contribution in [2.75, 3.05) is 13.1 Å². The highest BCUT2D eigenvalue weighted by atomic mass is 16.5. The second-order valence-corrected chi connectivity index (χ2v) is 8.16. The van der Waals surface area contributed by atoms with E-state index in [9.17, 15) is 9.59 Å². The van der Waals surface area contributed by atoms with Crippen molar-refractivity contribution in [3.63, 3.8) is 0 Å². The zero-order chi connectivity index (χ0) is 20.0. The Kier molecular flexibility index (Phi) is 7.04. The van der Waals surface area contributed by atoms with Gasteiger partial charge in [0.05, 0.1) is 0 Å². The first-order valence-electron chi connectivity index (χ1n) is 10.7. The minimum Gasteiger partial charge on any atom is -0.343 e. The third-order valence-electron chi connectivity index (χ3n) is 6.04. The zero-order valence-corrected chi connectivity index (χ0v) is 16.9. The first-order chi connectivity index (χ1) is 13.5. The summed E-state index contributed by atoms with van der Waals surface area (Å²) >= 11 is 0. The van der Waals surface area contributed by atoms with Crippen molar-refractivity contribution < 1.29 is 14.1 Å². The maximum absolute atomic E-state index is 12.6. The monoisotopic (exact) mass is 391 g/mol. The Morgan fingerprint density at radius 3 is 2.64 bits per heavy atom. The number of amides is 2. The Hall–Kier alpha value is -1.96. The van der Waals surface area contributed by atoms with E-state index in [0.29, 0.717) is 31.1 Å². The number of hydrogen-bond donors (Lipinski definition) is 2. The molecule has 0 radical (unpaired) electrons. The third kappa shape index (κ3) is 4.90. The lowest BCUT2D eigenvalue weighted by Crippen LogP contribution is -2.47. The third-order valence-corrected chi connectivity index (χ3v) is 6.04. The molecule has 2 amide bonds. The van der Waals surface area contributed by atoms with Crippen molar-refractivity contribution in [2.24, 2.45) is 5.73 Å². The van der Waals surface area contributed by atoms with Crippen LogP contribution in [0.25, 0.3) is 0 Å². The molecule has 1 aliphatic heterocycles. The molecule has 1 aromatic rings. The van der Waals surface area contributed by atoms with Gasteiger partial charge in [0.2, 0.25) is 17.7 Å². The lowest BCUT2D eigenvalue weighted by molar-refractivity contribution is -0.134. The number of piperidine rings is 1. The summed E-state index contributed by atoms with van der Waals surface area (Å²) in [5.41, 5.74) is 5.27. The summed E-state index contributed by atoms with van der Waals surface area (Å²) < 4.78 is 5.45. The normalized spacial score (nSPS) is 22.5. The van der Waals surface area contributed by atoms with Crippen LogP contribution >= 0.6 is 0 Å². The summed E-state index contributed by atoms with van der Waals surface area (Å²) in [4.78, 5) is 30.9. The molecule has 8 nitrogen and oxygen atoms in total. The van der Waals surface area contributed by atoms with Crippen LogP contribution in [0.3, 0.4) is 0 Å². The van der Waals surface area contributed by atoms with E-state index in [0.717, 1.165) is 64.3 Å². The van der Waals surface area contributed by atoms with Crippen molar-refractivity contribution in [1.82, 2.24) is 20.4 Å². The largest absolute Gasteiger partial charge is 0.343 e. The van der Waals surface area contributed by atoms with Gasteiger partial charge in [0.15, 0.2) is 5.82 Å². The van der Waals surface area contributed by atoms with Gasteiger partial charge in [0, 0.05) is 38.9 Å². The highest BCUT2D eigenvalue weighted by molar-refractivity contribution is 5.76. The van der Waals surface area contributed by atoms with E-state index in [-0.39, 0.29) is 17.9 Å². The molecule has 8 heteroatoms. The molecule has 2 heterocycles. The van der Waals surface area contributed by atoms with E-state index in [4.69, 9.17) is 10.3 Å². The number of aromatic nitrogens is 2. The van der Waals surface area contributed by atoms with E-state index in [1.165, 1.54) is 6.92 Å². The fraction of sp³-hybridized carbons (Fsp3) is 0.800. The summed E-state index contributed by atoms with van der Waals surface area (Å²) in [5, 5.41) is 7.26. The molecule has 1 aliphatic carbocycles. The second-order valence-electron chi connectivity index (χ2n) is 8.16. The number of hydrogen-bond acceptors (Lipinski definition) is 6. The van der Waals surface area contributed by atoms with Crippen molar-refractivity contribution in [2.45, 2.75) is 89.1 Å². The fourth-order valence-corrected chi connectivity index (χ4v) is 4.56. The van der Waals surface area contributed by atoms with E-state index >= 15 is 0 Å². The number of nitrogens with zero attached hydrogens (tertiary/aromatic N) is 3. The molecule has 1 saturated heterocycles. The van der Waals surface area contributed by atoms with Gasteiger partial charge < -0.3 is 20.5 Å². The lowest BCUT2D eigenvalue weighted by atomic mass is 9.89. The molecule has 3 N–H and O–H groups in total. The van der Waals surface area contributed by atoms with Crippen molar-refractivity contribution in [3.05, 3.63) is 11.7 Å². The molecule has 1 aromatic heterocycles. The van der Waals surface area contributed by atoms with E-state index < -0.39 is 5.54 Å². The quantitative estimate of drug-likeness (QED) is 0.717. The van der Waals surface area contributed by atoms with Gasteiger partial charge >= 0.3 is 0 Å². The SMILES string of the molecule is CC(=O)NC1(c2noc(CCC(=O)N3CCCCC3CN)n2)CCCCCC1. The van der Waals surface area contributed by atoms with Crippen LogP contribution in [0.4, 0.5) is 0 Å². The molecule has 2 fully saturated rings. The Morgan fingerprint density at radius 2 is 1.96 bits per heavy atom. The highest BCUT2D eigenvalue weighted by Crippen LogP contribution is 2.34. The van der Waals surface area contributed by atoms with Gasteiger partial charge in [0.25, 0.3) is 0 Å². The molecular formula is C20H33N5O3. The number of rotatable bonds is 6. The molecule has 156 valence electrons.